The molecule has 0 aromatic heterocycles. The van der Waals surface area contributed by atoms with Crippen LogP contribution in [0.15, 0.2) is 60.8 Å². The first-order valence-corrected chi connectivity index (χ1v) is 27.5. The van der Waals surface area contributed by atoms with Gasteiger partial charge in [0.2, 0.25) is 0 Å². The third kappa shape index (κ3) is 49.2. The van der Waals surface area contributed by atoms with Gasteiger partial charge in [-0.1, -0.05) is 216 Å². The first-order chi connectivity index (χ1) is 31.0. The number of hydrogen-bond donors (Lipinski definition) is 0. The number of phosphoric acid groups is 1. The van der Waals surface area contributed by atoms with E-state index < -0.39 is 32.5 Å². The lowest BCUT2D eigenvalue weighted by Crippen LogP contribution is -2.37. The van der Waals surface area contributed by atoms with Crippen molar-refractivity contribution in [3.8, 4) is 0 Å². The lowest BCUT2D eigenvalue weighted by atomic mass is 10.0. The number of carbonyl (C=O) groups is 2. The second-order valence-corrected chi connectivity index (χ2v) is 20.0. The fourth-order valence-corrected chi connectivity index (χ4v) is 7.72. The van der Waals surface area contributed by atoms with E-state index in [0.717, 1.165) is 44.9 Å². The molecule has 372 valence electrons. The largest absolute Gasteiger partial charge is 0.756 e. The maximum absolute atomic E-state index is 12.7. The summed E-state index contributed by atoms with van der Waals surface area (Å²) in [7, 11) is 1.12. The van der Waals surface area contributed by atoms with Crippen molar-refractivity contribution < 1.29 is 42.1 Å². The van der Waals surface area contributed by atoms with Gasteiger partial charge in [0.1, 0.15) is 19.8 Å². The Morgan fingerprint density at radius 2 is 0.875 bits per heavy atom. The molecule has 0 aliphatic rings. The monoisotopic (exact) mass is 920 g/mol. The molecule has 9 nitrogen and oxygen atoms in total. The minimum Gasteiger partial charge on any atom is -0.756 e. The molecule has 0 aromatic carbocycles. The Morgan fingerprint density at radius 1 is 0.484 bits per heavy atom. The zero-order chi connectivity index (χ0) is 47.1. The lowest BCUT2D eigenvalue weighted by molar-refractivity contribution is -0.870. The lowest BCUT2D eigenvalue weighted by Gasteiger charge is -2.28. The van der Waals surface area contributed by atoms with Crippen LogP contribution in [0.4, 0.5) is 0 Å². The van der Waals surface area contributed by atoms with Crippen LogP contribution in [0.25, 0.3) is 0 Å². The highest BCUT2D eigenvalue weighted by molar-refractivity contribution is 7.45. The number of rotatable bonds is 47. The number of nitrogens with zero attached hydrogens (tertiary/aromatic N) is 1. The highest BCUT2D eigenvalue weighted by atomic mass is 31.2. The van der Waals surface area contributed by atoms with Gasteiger partial charge in [-0.15, -0.1) is 0 Å². The Bertz CT molecular complexity index is 1270. The quantitative estimate of drug-likeness (QED) is 0.0195. The van der Waals surface area contributed by atoms with Crippen molar-refractivity contribution >= 4 is 19.8 Å². The van der Waals surface area contributed by atoms with Gasteiger partial charge in [0, 0.05) is 12.8 Å². The van der Waals surface area contributed by atoms with Gasteiger partial charge in [0.25, 0.3) is 7.82 Å². The minimum atomic E-state index is -4.65. The number of allylic oxidation sites excluding steroid dienone is 10. The van der Waals surface area contributed by atoms with Crippen LogP contribution in [0.2, 0.25) is 0 Å². The summed E-state index contributed by atoms with van der Waals surface area (Å²) in [6, 6.07) is 0. The molecule has 0 heterocycles. The highest BCUT2D eigenvalue weighted by Crippen LogP contribution is 2.38. The zero-order valence-electron chi connectivity index (χ0n) is 42.0. The van der Waals surface area contributed by atoms with Crippen LogP contribution in [0.1, 0.15) is 219 Å². The van der Waals surface area contributed by atoms with E-state index in [1.54, 1.807) is 0 Å². The molecule has 0 amide bonds. The van der Waals surface area contributed by atoms with Crippen LogP contribution in [0.3, 0.4) is 0 Å². The van der Waals surface area contributed by atoms with Gasteiger partial charge in [-0.05, 0) is 51.4 Å². The zero-order valence-corrected chi connectivity index (χ0v) is 42.9. The molecule has 0 N–H and O–H groups in total. The van der Waals surface area contributed by atoms with E-state index in [4.69, 9.17) is 18.5 Å². The van der Waals surface area contributed by atoms with E-state index in [9.17, 15) is 19.0 Å². The summed E-state index contributed by atoms with van der Waals surface area (Å²) in [5.41, 5.74) is 0. The smallest absolute Gasteiger partial charge is 0.306 e. The van der Waals surface area contributed by atoms with Crippen molar-refractivity contribution in [1.82, 2.24) is 0 Å². The molecule has 0 rings (SSSR count). The number of carbonyl (C=O) groups excluding carboxylic acids is 2. The average molecular weight is 920 g/mol. The number of esters is 2. The van der Waals surface area contributed by atoms with Crippen LogP contribution in [-0.2, 0) is 32.7 Å². The Hall–Kier alpha value is -2.29. The summed E-state index contributed by atoms with van der Waals surface area (Å²) in [5.74, 6) is -0.925. The molecule has 0 aromatic rings. The molecule has 0 aliphatic carbocycles. The maximum Gasteiger partial charge on any atom is 0.306 e. The molecule has 0 fully saturated rings. The first kappa shape index (κ1) is 61.7. The number of quaternary nitrogens is 1. The summed E-state index contributed by atoms with van der Waals surface area (Å²) >= 11 is 0. The average Bonchev–Trinajstić information content (AvgIpc) is 3.25. The van der Waals surface area contributed by atoms with E-state index >= 15 is 0 Å². The molecule has 0 saturated carbocycles. The molecule has 2 atom stereocenters. The summed E-state index contributed by atoms with van der Waals surface area (Å²) in [4.78, 5) is 37.7. The van der Waals surface area contributed by atoms with Crippen molar-refractivity contribution in [2.24, 2.45) is 0 Å². The summed E-state index contributed by atoms with van der Waals surface area (Å²) in [6.45, 7) is 4.14. The van der Waals surface area contributed by atoms with Crippen molar-refractivity contribution in [2.75, 3.05) is 47.5 Å². The fourth-order valence-electron chi connectivity index (χ4n) is 6.99. The van der Waals surface area contributed by atoms with Gasteiger partial charge < -0.3 is 27.9 Å². The maximum atomic E-state index is 12.7. The van der Waals surface area contributed by atoms with Gasteiger partial charge in [-0.3, -0.25) is 14.2 Å². The second kappa shape index (κ2) is 45.8. The SMILES string of the molecule is CCCCC/C=C/C/C=C/C/C=C/C/C=C/C/C=C/CCC(=O)O[C@H](COC(=O)CCCCCCCCCCCCCCCCCCCCCCC)COP(=O)([O-])OCC[N+](C)(C)C. The van der Waals surface area contributed by atoms with E-state index in [1.165, 1.54) is 141 Å². The van der Waals surface area contributed by atoms with Crippen molar-refractivity contribution in [1.29, 1.82) is 0 Å². The molecule has 10 heteroatoms. The van der Waals surface area contributed by atoms with Crippen LogP contribution >= 0.6 is 7.82 Å². The van der Waals surface area contributed by atoms with Gasteiger partial charge in [-0.2, -0.15) is 0 Å². The van der Waals surface area contributed by atoms with Crippen molar-refractivity contribution in [3.63, 3.8) is 0 Å². The topological polar surface area (TPSA) is 111 Å². The molecule has 0 bridgehead atoms. The standard InChI is InChI=1S/C54H98NO8P/c1-6-8-10-12-14-16-18-20-22-24-26-27-29-30-32-34-36-38-40-42-44-46-53(56)60-50-52(51-62-64(58,59)61-49-48-55(3,4)5)63-54(57)47-45-43-41-39-37-35-33-31-28-25-23-21-19-17-15-13-11-9-7-2/h15,17,21,23,28,31,35,37,41,43,52H,6-14,16,18-20,22,24-27,29-30,32-34,36,38-40,42,44-51H2,1-5H3/b17-15+,23-21+,31-28+,37-35+,43-41+/t52-/m1/s1. The van der Waals surface area contributed by atoms with E-state index in [2.05, 4.69) is 62.5 Å². The predicted molar refractivity (Wildman–Crippen MR) is 268 cm³/mol. The molecule has 0 radical (unpaired) electrons. The third-order valence-corrected chi connectivity index (χ3v) is 12.0. The Morgan fingerprint density at radius 3 is 1.31 bits per heavy atom. The number of phosphoric ester groups is 1. The summed E-state index contributed by atoms with van der Waals surface area (Å²) in [6.07, 6.45) is 57.0. The Labute approximate surface area is 394 Å². The van der Waals surface area contributed by atoms with Crippen molar-refractivity contribution in [3.05, 3.63) is 60.8 Å². The molecular formula is C54H98NO8P. The normalized spacial score (nSPS) is 13.9. The van der Waals surface area contributed by atoms with Gasteiger partial charge >= 0.3 is 11.9 Å². The molecule has 0 spiro atoms. The molecule has 0 aliphatic heterocycles. The molecular weight excluding hydrogens is 822 g/mol. The van der Waals surface area contributed by atoms with Crippen LogP contribution in [0.5, 0.6) is 0 Å². The molecule has 0 saturated heterocycles. The van der Waals surface area contributed by atoms with E-state index in [-0.39, 0.29) is 26.1 Å². The third-order valence-electron chi connectivity index (χ3n) is 11.1. The van der Waals surface area contributed by atoms with Gasteiger partial charge in [0.05, 0.1) is 27.7 Å². The number of hydrogen-bond acceptors (Lipinski definition) is 8. The molecule has 64 heavy (non-hydrogen) atoms. The summed E-state index contributed by atoms with van der Waals surface area (Å²) in [5, 5.41) is 0. The first-order valence-electron chi connectivity index (χ1n) is 26.0. The minimum absolute atomic E-state index is 0.0450. The van der Waals surface area contributed by atoms with Crippen molar-refractivity contribution in [2.45, 2.75) is 225 Å². The summed E-state index contributed by atoms with van der Waals surface area (Å²) < 4.78 is 33.9. The number of ether oxygens (including phenoxy) is 2. The number of likely N-dealkylation sites (N-methyl/N-ethyl adjacent to an activating group) is 1. The molecule has 1 unspecified atom stereocenters. The second-order valence-electron chi connectivity index (χ2n) is 18.5. The van der Waals surface area contributed by atoms with E-state index in [0.29, 0.717) is 17.4 Å². The van der Waals surface area contributed by atoms with Gasteiger partial charge in [-0.25, -0.2) is 0 Å². The Balaban J connectivity index is 4.33. The predicted octanol–water partition coefficient (Wildman–Crippen LogP) is 15.0. The van der Waals surface area contributed by atoms with Crippen LogP contribution in [-0.4, -0.2) is 70.0 Å². The fraction of sp³-hybridized carbons (Fsp3) is 0.778. The van der Waals surface area contributed by atoms with E-state index in [1.807, 2.05) is 33.3 Å². The van der Waals surface area contributed by atoms with Crippen LogP contribution in [0, 0.1) is 0 Å². The number of unbranched alkanes of at least 4 members (excludes halogenated alkanes) is 23. The van der Waals surface area contributed by atoms with Crippen LogP contribution < -0.4 is 4.89 Å². The highest BCUT2D eigenvalue weighted by Gasteiger charge is 2.21. The van der Waals surface area contributed by atoms with Gasteiger partial charge in [0.15, 0.2) is 6.10 Å². The Kier molecular flexibility index (Phi) is 44.2.